The highest BCUT2D eigenvalue weighted by molar-refractivity contribution is 7.84. The fourth-order valence-corrected chi connectivity index (χ4v) is 5.15. The van der Waals surface area contributed by atoms with Crippen LogP contribution in [0, 0.1) is 0 Å². The lowest BCUT2D eigenvalue weighted by atomic mass is 9.98. The molecule has 3 heterocycles. The van der Waals surface area contributed by atoms with E-state index in [1.54, 1.807) is 0 Å². The molecule has 0 bridgehead atoms. The lowest BCUT2D eigenvalue weighted by molar-refractivity contribution is -0.161. The van der Waals surface area contributed by atoms with Gasteiger partial charge >= 0.3 is 22.3 Å². The molecule has 0 saturated carbocycles. The number of carboxylic acid groups (broad SMARTS) is 1. The molecule has 0 radical (unpaired) electrons. The summed E-state index contributed by atoms with van der Waals surface area (Å²) in [6, 6.07) is -3.46. The van der Waals surface area contributed by atoms with Crippen molar-refractivity contribution in [3.63, 3.8) is 0 Å². The number of aliphatic carboxylic acids is 1. The molecule has 0 spiro atoms. The third-order valence-corrected chi connectivity index (χ3v) is 7.65. The van der Waals surface area contributed by atoms with Crippen molar-refractivity contribution in [2.24, 2.45) is 5.16 Å². The van der Waals surface area contributed by atoms with Crippen LogP contribution in [0.2, 0.25) is 4.34 Å². The molecule has 23 heteroatoms. The number of hydrogen-bond donors (Lipinski definition) is 8. The first-order valence-corrected chi connectivity index (χ1v) is 14.1. The summed E-state index contributed by atoms with van der Waals surface area (Å²) in [5.41, 5.74) is 1.57. The Kier molecular flexibility index (Phi) is 9.38. The second-order valence-electron chi connectivity index (χ2n) is 9.07. The van der Waals surface area contributed by atoms with Crippen LogP contribution in [-0.2, 0) is 36.1 Å². The summed E-state index contributed by atoms with van der Waals surface area (Å²) in [4.78, 5) is 69.8. The highest BCUT2D eigenvalue weighted by Crippen LogP contribution is 2.28. The Morgan fingerprint density at radius 3 is 2.49 bits per heavy atom. The van der Waals surface area contributed by atoms with Gasteiger partial charge in [0.2, 0.25) is 11.0 Å². The first kappa shape index (κ1) is 32.8. The van der Waals surface area contributed by atoms with E-state index in [4.69, 9.17) is 22.2 Å². The number of carboxylic acids is 1. The van der Waals surface area contributed by atoms with Gasteiger partial charge in [-0.15, -0.1) is 0 Å². The van der Waals surface area contributed by atoms with Gasteiger partial charge in [0.1, 0.15) is 16.1 Å². The molecule has 2 aromatic rings. The molecule has 1 aliphatic heterocycles. The quantitative estimate of drug-likeness (QED) is 0.0426. The molecule has 1 fully saturated rings. The van der Waals surface area contributed by atoms with Crippen LogP contribution >= 0.6 is 22.9 Å². The first-order valence-electron chi connectivity index (χ1n) is 11.5. The summed E-state index contributed by atoms with van der Waals surface area (Å²) in [5.74, 6) is -4.78. The van der Waals surface area contributed by atoms with Crippen LogP contribution in [0.1, 0.15) is 25.2 Å². The topological polar surface area (TPSA) is 305 Å². The molecular formula is C20H23ClN8O12S2. The largest absolute Gasteiger partial charge is 0.503 e. The van der Waals surface area contributed by atoms with Crippen molar-refractivity contribution in [1.82, 2.24) is 30.0 Å². The molecule has 234 valence electrons. The Hall–Kier alpha value is -4.67. The highest BCUT2D eigenvalue weighted by Gasteiger charge is 2.54. The van der Waals surface area contributed by atoms with Gasteiger partial charge in [-0.1, -0.05) is 28.1 Å². The summed E-state index contributed by atoms with van der Waals surface area (Å²) in [5, 5.41) is 38.3. The van der Waals surface area contributed by atoms with E-state index in [1.165, 1.54) is 0 Å². The number of thiazole rings is 1. The molecule has 4 amide bonds. The minimum absolute atomic E-state index is 0.0156. The zero-order valence-electron chi connectivity index (χ0n) is 21.8. The number of halogens is 1. The number of carbonyl (C=O) groups excluding carboxylic acids is 3. The van der Waals surface area contributed by atoms with Gasteiger partial charge < -0.3 is 41.9 Å². The number of pyridine rings is 1. The van der Waals surface area contributed by atoms with E-state index < -0.39 is 81.8 Å². The number of β-lactam (4-membered cyclic amide) rings is 1. The molecule has 2 aromatic heterocycles. The normalized spacial score (nSPS) is 17.2. The van der Waals surface area contributed by atoms with Crippen molar-refractivity contribution in [2.75, 3.05) is 12.3 Å². The molecule has 0 aliphatic carbocycles. The van der Waals surface area contributed by atoms with Gasteiger partial charge in [-0.25, -0.2) is 18.9 Å². The smallest absolute Gasteiger partial charge is 0.362 e. The minimum Gasteiger partial charge on any atom is -0.503 e. The molecule has 0 aromatic carbocycles. The van der Waals surface area contributed by atoms with Crippen LogP contribution in [0.25, 0.3) is 0 Å². The second kappa shape index (κ2) is 12.3. The van der Waals surface area contributed by atoms with Crippen LogP contribution in [0.5, 0.6) is 5.75 Å². The summed E-state index contributed by atoms with van der Waals surface area (Å²) in [6.07, 6.45) is 0.687. The standard InChI is InChI=1S/C20H23ClN8O12S2/c1-20(2,17(34)35)41-27-13(12-14(21)42-18(22)26-12)15(32)25-11-8(29(16(11)33)43(38,39)40)5-24-19(36)23-4-7-3-9(30)10(31)6-28(7)37/h3,6,8,11,31,37H,4-5H2,1-2H3,(H2,22,26)(H,25,32)(H,34,35)(H2,23,24,36)(H,38,39,40)/t8-,11+/m1/s1. The van der Waals surface area contributed by atoms with Crippen LogP contribution in [0.4, 0.5) is 9.93 Å². The Morgan fingerprint density at radius 1 is 1.28 bits per heavy atom. The van der Waals surface area contributed by atoms with E-state index in [0.29, 0.717) is 10.9 Å². The number of rotatable bonds is 11. The SMILES string of the molecule is CC(C)(ON=C(C(=O)N[C@@H]1C(=O)N(S(=O)(=O)O)[C@@H]1CNC(=O)NCc1cc(=O)c(O)cn1O)c1nc(N)sc1Cl)C(=O)O. The van der Waals surface area contributed by atoms with Crippen LogP contribution in [0.3, 0.4) is 0 Å². The Morgan fingerprint density at radius 2 is 1.93 bits per heavy atom. The molecular weight excluding hydrogens is 644 g/mol. The molecule has 0 unspecified atom stereocenters. The van der Waals surface area contributed by atoms with Gasteiger partial charge in [0.05, 0.1) is 24.5 Å². The maximum absolute atomic E-state index is 13.2. The number of aromatic hydroxyl groups is 1. The number of carbonyl (C=O) groups is 4. The van der Waals surface area contributed by atoms with Crippen LogP contribution in [-0.4, -0.2) is 96.2 Å². The third kappa shape index (κ3) is 7.40. The molecule has 9 N–H and O–H groups in total. The van der Waals surface area contributed by atoms with E-state index in [1.807, 2.05) is 0 Å². The van der Waals surface area contributed by atoms with Crippen molar-refractivity contribution in [1.29, 1.82) is 0 Å². The molecule has 3 rings (SSSR count). The number of nitrogens with one attached hydrogen (secondary N) is 3. The Labute approximate surface area is 249 Å². The predicted octanol–water partition coefficient (Wildman–Crippen LogP) is -1.93. The fraction of sp³-hybridized carbons (Fsp3) is 0.350. The van der Waals surface area contributed by atoms with E-state index in [-0.39, 0.29) is 25.2 Å². The van der Waals surface area contributed by atoms with Crippen molar-refractivity contribution >= 4 is 67.9 Å². The lowest BCUT2D eigenvalue weighted by Crippen LogP contribution is -2.74. The molecule has 1 aliphatic rings. The predicted molar refractivity (Wildman–Crippen MR) is 145 cm³/mol. The van der Waals surface area contributed by atoms with Gasteiger partial charge in [0.15, 0.2) is 16.6 Å². The Balaban J connectivity index is 1.79. The van der Waals surface area contributed by atoms with Gasteiger partial charge in [0, 0.05) is 12.6 Å². The number of nitrogens with two attached hydrogens (primary N) is 1. The minimum atomic E-state index is -5.17. The molecule has 1 saturated heterocycles. The zero-order valence-corrected chi connectivity index (χ0v) is 24.2. The summed E-state index contributed by atoms with van der Waals surface area (Å²) < 4.78 is 33.3. The van der Waals surface area contributed by atoms with Gasteiger partial charge in [-0.05, 0) is 13.8 Å². The number of nitrogens with zero attached hydrogens (tertiary/aromatic N) is 4. The number of aromatic nitrogens is 2. The fourth-order valence-electron chi connectivity index (χ4n) is 3.34. The number of amides is 4. The first-order chi connectivity index (χ1) is 19.8. The van der Waals surface area contributed by atoms with Crippen molar-refractivity contribution in [3.05, 3.63) is 38.2 Å². The van der Waals surface area contributed by atoms with Crippen LogP contribution < -0.4 is 27.1 Å². The van der Waals surface area contributed by atoms with Gasteiger partial charge in [-0.3, -0.25) is 18.9 Å². The summed E-state index contributed by atoms with van der Waals surface area (Å²) >= 11 is 6.79. The van der Waals surface area contributed by atoms with Crippen molar-refractivity contribution < 1.29 is 52.4 Å². The van der Waals surface area contributed by atoms with Gasteiger partial charge in [-0.2, -0.15) is 13.1 Å². The third-order valence-electron chi connectivity index (χ3n) is 5.62. The van der Waals surface area contributed by atoms with E-state index in [9.17, 15) is 52.4 Å². The second-order valence-corrected chi connectivity index (χ2v) is 12.0. The lowest BCUT2D eigenvalue weighted by Gasteiger charge is -2.44. The number of anilines is 1. The maximum Gasteiger partial charge on any atom is 0.362 e. The monoisotopic (exact) mass is 666 g/mol. The summed E-state index contributed by atoms with van der Waals surface area (Å²) in [6.45, 7) is 1.09. The zero-order chi connectivity index (χ0) is 32.4. The van der Waals surface area contributed by atoms with Crippen molar-refractivity contribution in [2.45, 2.75) is 38.1 Å². The highest BCUT2D eigenvalue weighted by atomic mass is 35.5. The van der Waals surface area contributed by atoms with Gasteiger partial charge in [0.25, 0.3) is 11.8 Å². The molecule has 20 nitrogen and oxygen atoms in total. The van der Waals surface area contributed by atoms with Crippen molar-refractivity contribution in [3.8, 4) is 5.75 Å². The van der Waals surface area contributed by atoms with E-state index in [2.05, 4.69) is 26.1 Å². The van der Waals surface area contributed by atoms with E-state index >= 15 is 0 Å². The van der Waals surface area contributed by atoms with Crippen LogP contribution in [0.15, 0.2) is 22.2 Å². The number of nitrogen functional groups attached to an aromatic ring is 1. The number of hydrogen-bond acceptors (Lipinski definition) is 14. The number of oxime groups is 1. The molecule has 43 heavy (non-hydrogen) atoms. The maximum atomic E-state index is 13.2. The average Bonchev–Trinajstić information content (AvgIpc) is 3.22. The summed E-state index contributed by atoms with van der Waals surface area (Å²) in [7, 11) is -5.17. The number of urea groups is 1. The Bertz CT molecular complexity index is 1670. The average molecular weight is 667 g/mol. The molecule has 2 atom stereocenters. The van der Waals surface area contributed by atoms with E-state index in [0.717, 1.165) is 31.3 Å².